The summed E-state index contributed by atoms with van der Waals surface area (Å²) < 4.78 is 6.21. The maximum absolute atomic E-state index is 15.7. The first kappa shape index (κ1) is 84.9. The number of nitrogens with one attached hydrogen (secondary N) is 6. The summed E-state index contributed by atoms with van der Waals surface area (Å²) in [4.78, 5) is 199. The fourth-order valence-electron chi connectivity index (χ4n) is 12.2. The molecule has 6 N–H and O–H groups in total. The number of carbonyl (C=O) groups is 13. The molecule has 0 aliphatic carbocycles. The van der Waals surface area contributed by atoms with Gasteiger partial charge in [0.15, 0.2) is 0 Å². The van der Waals surface area contributed by atoms with Crippen LogP contribution < -0.4 is 31.9 Å². The minimum absolute atomic E-state index is 0.0509. The maximum Gasteiger partial charge on any atom is 0.325 e. The molecule has 2 rings (SSSR count). The Labute approximate surface area is 572 Å². The molecule has 0 bridgehead atoms. The molecule has 96 heavy (non-hydrogen) atoms. The van der Waals surface area contributed by atoms with E-state index < -0.39 is 180 Å². The molecule has 0 aromatic heterocycles. The van der Waals surface area contributed by atoms with E-state index >= 15 is 19.2 Å². The van der Waals surface area contributed by atoms with E-state index in [0.29, 0.717) is 13.0 Å². The molecule has 2 saturated heterocycles. The first-order valence-corrected chi connectivity index (χ1v) is 34.4. The van der Waals surface area contributed by atoms with Crippen molar-refractivity contribution in [2.75, 3.05) is 69.0 Å². The van der Waals surface area contributed by atoms with Gasteiger partial charge in [-0.1, -0.05) is 109 Å². The van der Waals surface area contributed by atoms with Gasteiger partial charge in [-0.05, 0) is 120 Å². The van der Waals surface area contributed by atoms with Crippen LogP contribution in [0.1, 0.15) is 169 Å². The smallest absolute Gasteiger partial charge is 0.325 e. The number of likely N-dealkylation sites (N-methyl/N-ethyl adjacent to an activating group) is 7. The lowest BCUT2D eigenvalue weighted by molar-refractivity contribution is -0.165. The van der Waals surface area contributed by atoms with Crippen LogP contribution in [0.15, 0.2) is 12.2 Å². The van der Waals surface area contributed by atoms with Crippen molar-refractivity contribution < 1.29 is 67.1 Å². The van der Waals surface area contributed by atoms with Crippen molar-refractivity contribution in [2.45, 2.75) is 242 Å². The van der Waals surface area contributed by atoms with E-state index in [1.54, 1.807) is 60.6 Å². The molecule has 0 radical (unpaired) electrons. The van der Waals surface area contributed by atoms with Crippen molar-refractivity contribution in [3.8, 4) is 0 Å². The quantitative estimate of drug-likeness (QED) is 0.0800. The Balaban J connectivity index is 3.09. The number of hydrogen-bond donors (Lipinski definition) is 6. The molecule has 0 saturated carbocycles. The van der Waals surface area contributed by atoms with Gasteiger partial charge in [-0.15, -0.1) is 0 Å². The summed E-state index contributed by atoms with van der Waals surface area (Å²) in [5.74, 6) is -11.9. The Hall–Kier alpha value is -7.19. The molecule has 13 atom stereocenters. The Morgan fingerprint density at radius 2 is 1.00 bits per heavy atom. The van der Waals surface area contributed by atoms with Gasteiger partial charge in [0.05, 0.1) is 12.6 Å². The first-order chi connectivity index (χ1) is 44.6. The second kappa shape index (κ2) is 39.3. The van der Waals surface area contributed by atoms with E-state index in [2.05, 4.69) is 31.9 Å². The maximum atomic E-state index is 15.7. The summed E-state index contributed by atoms with van der Waals surface area (Å²) in [6, 6.07) is -13.5. The topological polar surface area (TPSA) is 326 Å². The monoisotopic (exact) mass is 1360 g/mol. The number of hydrogen-bond acceptors (Lipinski definition) is 15. The summed E-state index contributed by atoms with van der Waals surface area (Å²) in [6.45, 7) is 29.0. The van der Waals surface area contributed by atoms with Crippen LogP contribution >= 0.6 is 0 Å². The lowest BCUT2D eigenvalue weighted by Gasteiger charge is -2.42. The van der Waals surface area contributed by atoms with Gasteiger partial charge in [-0.25, -0.2) is 0 Å². The Bertz CT molecular complexity index is 2710. The van der Waals surface area contributed by atoms with E-state index in [9.17, 15) is 43.2 Å². The zero-order valence-electron chi connectivity index (χ0n) is 62.2. The molecule has 2 aliphatic heterocycles. The molecule has 0 aromatic rings. The van der Waals surface area contributed by atoms with Gasteiger partial charge >= 0.3 is 5.97 Å². The first-order valence-electron chi connectivity index (χ1n) is 34.4. The number of allylic oxidation sites excluding steroid dienone is 2. The number of ether oxygens (including phenoxy) is 1. The van der Waals surface area contributed by atoms with Gasteiger partial charge in [0, 0.05) is 49.3 Å². The van der Waals surface area contributed by atoms with Crippen molar-refractivity contribution in [1.82, 2.24) is 66.2 Å². The standard InChI is InChI=1S/C69H121N13O14/c1-25-27-29-44(15)58(96-54(84)36-71-60(86)48-30-28-31-70-48)57-63(89)74-47(26-2)65(91)76(18)37-53(83)77(19)49(32-38(3)4)62(88)75-55(42(11)12)68(94)78(20)50(33-39(5)6)61(87)72-45(16)59(85)73-46(17)64(90)79(21)51(34-40(7)8)66(92)80(22)52(35-41(9)10)67(93)81(23)56(43(13)14)69(95)82(57)24/h25,27,38-52,55-58,70H,26,28-37H2,1-24H3,(H,71,86)(H,72,87)(H,73,85)(H,74,89)(H,75,88)/t44-,45+,46-,47+,48+,49+,50+,51+,52+,55+,56+,57+,58-/m1/s1. The summed E-state index contributed by atoms with van der Waals surface area (Å²) in [5.41, 5.74) is 0. The van der Waals surface area contributed by atoms with Crippen molar-refractivity contribution >= 4 is 76.9 Å². The Morgan fingerprint density at radius 1 is 0.531 bits per heavy atom. The number of nitrogens with zero attached hydrogens (tertiary/aromatic N) is 7. The largest absolute Gasteiger partial charge is 0.458 e. The van der Waals surface area contributed by atoms with Crippen LogP contribution in [0, 0.1) is 41.4 Å². The van der Waals surface area contributed by atoms with Crippen LogP contribution in [0.5, 0.6) is 0 Å². The fraction of sp³-hybridized carbons (Fsp3) is 0.783. The Morgan fingerprint density at radius 3 is 1.48 bits per heavy atom. The summed E-state index contributed by atoms with van der Waals surface area (Å²) in [5, 5.41) is 16.7. The SMILES string of the molecule is CC=CC[C@@H](C)[C@@H](OC(=O)CNC(=O)[C@@H]1CCCN1)[C@H]1C(=O)N[C@@H](CC)C(=O)N(C)CC(=O)N(C)[C@@H](CC(C)C)C(=O)N[C@@H](C(C)C)C(=O)N(C)[C@@H](CC(C)C)C(=O)N[C@@H](C)C(=O)N[C@H](C)C(=O)N(C)[C@@H](CC(C)C)C(=O)N(C)[C@@H](CC(C)C)C(=O)N(C)[C@@H](C(C)C)C(=O)N1C. The van der Waals surface area contributed by atoms with Gasteiger partial charge < -0.3 is 70.9 Å². The van der Waals surface area contributed by atoms with Crippen molar-refractivity contribution in [1.29, 1.82) is 0 Å². The third kappa shape index (κ3) is 24.1. The molecular weight excluding hydrogens is 1230 g/mol. The van der Waals surface area contributed by atoms with E-state index in [1.165, 1.54) is 87.7 Å². The van der Waals surface area contributed by atoms with Gasteiger partial charge in [0.1, 0.15) is 73.1 Å². The lowest BCUT2D eigenvalue weighted by atomic mass is 9.91. The predicted octanol–water partition coefficient (Wildman–Crippen LogP) is 2.69. The summed E-state index contributed by atoms with van der Waals surface area (Å²) >= 11 is 0. The molecule has 2 aliphatic rings. The summed E-state index contributed by atoms with van der Waals surface area (Å²) in [7, 11) is 9.79. The molecule has 0 spiro atoms. The fourth-order valence-corrected chi connectivity index (χ4v) is 12.2. The zero-order valence-corrected chi connectivity index (χ0v) is 62.2. The van der Waals surface area contributed by atoms with E-state index in [4.69, 9.17) is 4.74 Å². The second-order valence-electron chi connectivity index (χ2n) is 28.9. The average molecular weight is 1360 g/mol. The van der Waals surface area contributed by atoms with Crippen molar-refractivity contribution in [3.05, 3.63) is 12.2 Å². The van der Waals surface area contributed by atoms with Gasteiger partial charge in [0.25, 0.3) is 0 Å². The zero-order chi connectivity index (χ0) is 73.7. The molecule has 546 valence electrons. The van der Waals surface area contributed by atoms with Crippen LogP contribution in [0.25, 0.3) is 0 Å². The number of carbonyl (C=O) groups excluding carboxylic acids is 13. The van der Waals surface area contributed by atoms with Crippen LogP contribution in [0.2, 0.25) is 0 Å². The highest BCUT2D eigenvalue weighted by Gasteiger charge is 2.47. The number of esters is 1. The minimum atomic E-state index is -1.73. The molecule has 12 amide bonds. The second-order valence-corrected chi connectivity index (χ2v) is 28.9. The van der Waals surface area contributed by atoms with Crippen LogP contribution in [0.4, 0.5) is 0 Å². The van der Waals surface area contributed by atoms with Crippen molar-refractivity contribution in [2.24, 2.45) is 41.4 Å². The van der Waals surface area contributed by atoms with Crippen LogP contribution in [-0.2, 0) is 67.1 Å². The summed E-state index contributed by atoms with van der Waals surface area (Å²) in [6.07, 6.45) is 4.01. The van der Waals surface area contributed by atoms with E-state index in [1.807, 2.05) is 55.4 Å². The highest BCUT2D eigenvalue weighted by atomic mass is 16.5. The van der Waals surface area contributed by atoms with Gasteiger partial charge in [-0.3, -0.25) is 62.3 Å². The number of amides is 12. The molecular formula is C69H121N13O14. The normalized spacial score (nSPS) is 26.6. The Kier molecular flexibility index (Phi) is 34.7. The number of rotatable bonds is 19. The average Bonchev–Trinajstić information content (AvgIpc) is 0.984. The molecule has 27 nitrogen and oxygen atoms in total. The van der Waals surface area contributed by atoms with Gasteiger partial charge in [0.2, 0.25) is 70.9 Å². The third-order valence-electron chi connectivity index (χ3n) is 18.1. The third-order valence-corrected chi connectivity index (χ3v) is 18.1. The molecule has 27 heteroatoms. The van der Waals surface area contributed by atoms with E-state index in [0.717, 1.165) is 16.2 Å². The molecule has 2 fully saturated rings. The predicted molar refractivity (Wildman–Crippen MR) is 366 cm³/mol. The van der Waals surface area contributed by atoms with Crippen LogP contribution in [-0.4, -0.2) is 253 Å². The van der Waals surface area contributed by atoms with Crippen LogP contribution in [0.3, 0.4) is 0 Å². The molecule has 0 aromatic carbocycles. The van der Waals surface area contributed by atoms with Gasteiger partial charge in [-0.2, -0.15) is 0 Å². The molecule has 0 unspecified atom stereocenters. The molecule has 2 heterocycles. The van der Waals surface area contributed by atoms with Crippen molar-refractivity contribution in [3.63, 3.8) is 0 Å². The highest BCUT2D eigenvalue weighted by Crippen LogP contribution is 2.27. The van der Waals surface area contributed by atoms with E-state index in [-0.39, 0.29) is 62.2 Å². The lowest BCUT2D eigenvalue weighted by Crippen LogP contribution is -2.64. The highest BCUT2D eigenvalue weighted by molar-refractivity contribution is 6.00. The minimum Gasteiger partial charge on any atom is -0.458 e.